The standard InChI is InChI=1S/C42H44N12O10/c55-32-9-8-30(39(58)50-32)54-41(60)27-2-1-3-31(35(27)42(54)61)64-22-33(56)43-12-17-62-18-19-63-23-34(57)53-15-13-52(14-16-53)21-25-4-6-26(7-5-25)48-40(59)36-29(20-47-51-36)49-38-28-10-11-44-37(28)45-24-46-38/h1-7,10-11,20,24,30H,8-9,12-19,21-23H2,(H,43,56)(H,47,51)(H,48,59)(H,50,55,58)(H2,44,45,46,49). The fraction of sp³-hybridized carbons (Fsp3) is 0.333. The number of imide groups is 2. The van der Waals surface area contributed by atoms with Gasteiger partial charge in [0.25, 0.3) is 23.6 Å². The molecule has 6 heterocycles. The first-order chi connectivity index (χ1) is 31.1. The number of carbonyl (C=O) groups excluding carboxylic acids is 7. The second-order valence-electron chi connectivity index (χ2n) is 15.0. The number of benzene rings is 2. The van der Waals surface area contributed by atoms with Crippen LogP contribution in [0.1, 0.15) is 49.6 Å². The molecule has 0 aliphatic carbocycles. The number of piperazine rings is 1. The van der Waals surface area contributed by atoms with Gasteiger partial charge >= 0.3 is 0 Å². The molecule has 0 bridgehead atoms. The Bertz CT molecular complexity index is 2570. The molecule has 1 unspecified atom stereocenters. The lowest BCUT2D eigenvalue weighted by Crippen LogP contribution is -2.54. The van der Waals surface area contributed by atoms with Crippen LogP contribution in [0.15, 0.2) is 67.3 Å². The van der Waals surface area contributed by atoms with Crippen LogP contribution < -0.4 is 26.0 Å². The van der Waals surface area contributed by atoms with Gasteiger partial charge in [-0.15, -0.1) is 0 Å². The number of H-pyrrole nitrogens is 2. The Balaban J connectivity index is 0.673. The van der Waals surface area contributed by atoms with Gasteiger partial charge in [-0.2, -0.15) is 5.10 Å². The number of hydrogen-bond donors (Lipinski definition) is 6. The summed E-state index contributed by atoms with van der Waals surface area (Å²) in [5.74, 6) is -3.02. The molecule has 2 fully saturated rings. The number of nitrogens with one attached hydrogen (secondary N) is 6. The van der Waals surface area contributed by atoms with Gasteiger partial charge in [0.15, 0.2) is 6.61 Å². The highest BCUT2D eigenvalue weighted by Gasteiger charge is 2.46. The van der Waals surface area contributed by atoms with Gasteiger partial charge in [0.1, 0.15) is 41.9 Å². The van der Waals surface area contributed by atoms with Crippen molar-refractivity contribution in [1.82, 2.24) is 50.5 Å². The van der Waals surface area contributed by atoms with Crippen LogP contribution in [0, 0.1) is 0 Å². The first kappa shape index (κ1) is 43.1. The third-order valence-electron chi connectivity index (χ3n) is 10.8. The summed E-state index contributed by atoms with van der Waals surface area (Å²) in [6, 6.07) is 12.7. The maximum Gasteiger partial charge on any atom is 0.275 e. The van der Waals surface area contributed by atoms with Crippen molar-refractivity contribution in [1.29, 1.82) is 0 Å². The molecule has 64 heavy (non-hydrogen) atoms. The van der Waals surface area contributed by atoms with Gasteiger partial charge in [0, 0.05) is 57.6 Å². The summed E-state index contributed by atoms with van der Waals surface area (Å²) in [5, 5.41) is 18.4. The van der Waals surface area contributed by atoms with Crippen molar-refractivity contribution < 1.29 is 47.8 Å². The number of fused-ring (bicyclic) bond motifs is 2. The lowest BCUT2D eigenvalue weighted by atomic mass is 10.0. The second-order valence-corrected chi connectivity index (χ2v) is 15.0. The molecule has 1 atom stereocenters. The van der Waals surface area contributed by atoms with Crippen molar-refractivity contribution in [2.24, 2.45) is 0 Å². The van der Waals surface area contributed by atoms with Gasteiger partial charge in [0.2, 0.25) is 17.7 Å². The van der Waals surface area contributed by atoms with Gasteiger partial charge in [-0.1, -0.05) is 18.2 Å². The molecular weight excluding hydrogens is 833 g/mol. The van der Waals surface area contributed by atoms with E-state index in [0.717, 1.165) is 15.8 Å². The predicted octanol–water partition coefficient (Wildman–Crippen LogP) is 0.951. The van der Waals surface area contributed by atoms with Crippen LogP contribution in [-0.4, -0.2) is 153 Å². The van der Waals surface area contributed by atoms with E-state index in [9.17, 15) is 33.6 Å². The average Bonchev–Trinajstić information content (AvgIpc) is 4.04. The number of amides is 7. The van der Waals surface area contributed by atoms with E-state index < -0.39 is 42.2 Å². The van der Waals surface area contributed by atoms with Crippen LogP contribution in [0.5, 0.6) is 5.75 Å². The summed E-state index contributed by atoms with van der Waals surface area (Å²) in [7, 11) is 0. The van der Waals surface area contributed by atoms with E-state index in [1.54, 1.807) is 11.1 Å². The molecule has 22 heteroatoms. The van der Waals surface area contributed by atoms with E-state index in [1.807, 2.05) is 30.3 Å². The lowest BCUT2D eigenvalue weighted by Gasteiger charge is -2.34. The third kappa shape index (κ3) is 9.88. The molecule has 7 amide bonds. The zero-order valence-corrected chi connectivity index (χ0v) is 34.4. The molecule has 5 aromatic rings. The average molecular weight is 877 g/mol. The Kier molecular flexibility index (Phi) is 13.2. The summed E-state index contributed by atoms with van der Waals surface area (Å²) in [6.45, 7) is 3.38. The van der Waals surface area contributed by atoms with E-state index in [-0.39, 0.29) is 80.2 Å². The molecule has 3 aliphatic heterocycles. The lowest BCUT2D eigenvalue weighted by molar-refractivity contribution is -0.138. The SMILES string of the molecule is O=C(COc1cccc2c1C(=O)N(C1CCC(=O)NC1=O)C2=O)NCCOCCOCC(=O)N1CCN(Cc2ccc(NC(=O)c3[nH]ncc3Nc3ncnc4[nH]ccc34)cc2)CC1. The molecule has 2 saturated heterocycles. The predicted molar refractivity (Wildman–Crippen MR) is 225 cm³/mol. The van der Waals surface area contributed by atoms with Crippen LogP contribution >= 0.6 is 0 Å². The topological polar surface area (TPSA) is 275 Å². The van der Waals surface area contributed by atoms with Gasteiger partial charge in [-0.3, -0.25) is 53.8 Å². The van der Waals surface area contributed by atoms with Crippen LogP contribution in [0.3, 0.4) is 0 Å². The zero-order chi connectivity index (χ0) is 44.6. The number of ether oxygens (including phenoxy) is 3. The van der Waals surface area contributed by atoms with Crippen LogP contribution in [0.2, 0.25) is 0 Å². The van der Waals surface area contributed by atoms with Gasteiger partial charge < -0.3 is 40.0 Å². The highest BCUT2D eigenvalue weighted by Crippen LogP contribution is 2.33. The molecule has 6 N–H and O–H groups in total. The first-order valence-electron chi connectivity index (χ1n) is 20.5. The number of carbonyl (C=O) groups is 7. The minimum Gasteiger partial charge on any atom is -0.483 e. The number of aromatic nitrogens is 5. The summed E-state index contributed by atoms with van der Waals surface area (Å²) >= 11 is 0. The van der Waals surface area contributed by atoms with E-state index in [4.69, 9.17) is 14.2 Å². The molecule has 3 aromatic heterocycles. The Hall–Kier alpha value is -7.56. The molecule has 0 radical (unpaired) electrons. The minimum absolute atomic E-state index is 0.00367. The summed E-state index contributed by atoms with van der Waals surface area (Å²) < 4.78 is 16.6. The normalized spacial score (nSPS) is 16.5. The summed E-state index contributed by atoms with van der Waals surface area (Å²) in [5.41, 5.74) is 3.07. The molecular formula is C42H44N12O10. The highest BCUT2D eigenvalue weighted by molar-refractivity contribution is 6.24. The second kappa shape index (κ2) is 19.7. The largest absolute Gasteiger partial charge is 0.483 e. The number of aromatic amines is 2. The number of nitrogens with zero attached hydrogens (tertiary/aromatic N) is 6. The Morgan fingerprint density at radius 3 is 2.50 bits per heavy atom. The van der Waals surface area contributed by atoms with Crippen molar-refractivity contribution in [3.63, 3.8) is 0 Å². The number of rotatable bonds is 18. The summed E-state index contributed by atoms with van der Waals surface area (Å²) in [4.78, 5) is 105. The fourth-order valence-corrected chi connectivity index (χ4v) is 7.49. The molecule has 22 nitrogen and oxygen atoms in total. The quantitative estimate of drug-likeness (QED) is 0.0528. The van der Waals surface area contributed by atoms with Crippen LogP contribution in [-0.2, 0) is 35.2 Å². The van der Waals surface area contributed by atoms with Gasteiger partial charge in [-0.25, -0.2) is 9.97 Å². The Morgan fingerprint density at radius 2 is 1.69 bits per heavy atom. The van der Waals surface area contributed by atoms with Crippen molar-refractivity contribution in [3.05, 3.63) is 89.6 Å². The maximum absolute atomic E-state index is 13.2. The van der Waals surface area contributed by atoms with E-state index in [2.05, 4.69) is 51.3 Å². The van der Waals surface area contributed by atoms with E-state index in [0.29, 0.717) is 55.6 Å². The maximum atomic E-state index is 13.2. The third-order valence-corrected chi connectivity index (χ3v) is 10.8. The summed E-state index contributed by atoms with van der Waals surface area (Å²) in [6.07, 6.45) is 4.72. The molecule has 2 aromatic carbocycles. The van der Waals surface area contributed by atoms with Crippen molar-refractivity contribution in [2.75, 3.05) is 76.4 Å². The van der Waals surface area contributed by atoms with Crippen molar-refractivity contribution in [3.8, 4) is 5.75 Å². The van der Waals surface area contributed by atoms with Crippen molar-refractivity contribution in [2.45, 2.75) is 25.4 Å². The monoisotopic (exact) mass is 876 g/mol. The molecule has 3 aliphatic rings. The van der Waals surface area contributed by atoms with Gasteiger partial charge in [0.05, 0.1) is 48.2 Å². The van der Waals surface area contributed by atoms with Crippen molar-refractivity contribution >= 4 is 69.6 Å². The molecule has 0 spiro atoms. The first-order valence-corrected chi connectivity index (χ1v) is 20.5. The Morgan fingerprint density at radius 1 is 0.875 bits per heavy atom. The smallest absolute Gasteiger partial charge is 0.275 e. The fourth-order valence-electron chi connectivity index (χ4n) is 7.49. The molecule has 8 rings (SSSR count). The van der Waals surface area contributed by atoms with Gasteiger partial charge in [-0.05, 0) is 42.3 Å². The number of piperidine rings is 1. The van der Waals surface area contributed by atoms with Crippen LogP contribution in [0.25, 0.3) is 11.0 Å². The molecule has 0 saturated carbocycles. The van der Waals surface area contributed by atoms with E-state index >= 15 is 0 Å². The highest BCUT2D eigenvalue weighted by atomic mass is 16.5. The number of hydrogen-bond acceptors (Lipinski definition) is 15. The zero-order valence-electron chi connectivity index (χ0n) is 34.4. The Labute approximate surface area is 364 Å². The van der Waals surface area contributed by atoms with Crippen LogP contribution in [0.4, 0.5) is 17.2 Å². The molecule has 332 valence electrons. The van der Waals surface area contributed by atoms with E-state index in [1.165, 1.54) is 30.7 Å². The minimum atomic E-state index is -1.12. The number of anilines is 3.